The Morgan fingerprint density at radius 3 is 2.19 bits per heavy atom. The maximum atomic E-state index is 12.5. The highest BCUT2D eigenvalue weighted by molar-refractivity contribution is 6.31. The third-order valence-corrected chi connectivity index (χ3v) is 4.43. The fourth-order valence-electron chi connectivity index (χ4n) is 2.69. The summed E-state index contributed by atoms with van der Waals surface area (Å²) in [5, 5.41) is 6.20. The van der Waals surface area contributed by atoms with Crippen molar-refractivity contribution in [3.8, 4) is 0 Å². The molecule has 4 nitrogen and oxygen atoms in total. The summed E-state index contributed by atoms with van der Waals surface area (Å²) >= 11 is 6.22. The van der Waals surface area contributed by atoms with Crippen LogP contribution in [0.25, 0.3) is 0 Å². The number of carbonyl (C=O) groups is 2. The predicted octanol–water partition coefficient (Wildman–Crippen LogP) is 4.84. The van der Waals surface area contributed by atoms with Crippen LogP contribution in [0.5, 0.6) is 0 Å². The zero-order valence-corrected chi connectivity index (χ0v) is 16.4. The van der Waals surface area contributed by atoms with Crippen molar-refractivity contribution in [2.45, 2.75) is 45.6 Å². The van der Waals surface area contributed by atoms with Crippen LogP contribution in [0.2, 0.25) is 5.02 Å². The molecule has 5 heteroatoms. The summed E-state index contributed by atoms with van der Waals surface area (Å²) in [7, 11) is 0. The number of nitrogens with one attached hydrogen (secondary N) is 2. The predicted molar refractivity (Wildman–Crippen MR) is 106 cm³/mol. The zero-order chi connectivity index (χ0) is 19.3. The van der Waals surface area contributed by atoms with Gasteiger partial charge in [-0.25, -0.2) is 0 Å². The van der Waals surface area contributed by atoms with Gasteiger partial charge in [0.2, 0.25) is 11.8 Å². The molecule has 0 saturated carbocycles. The summed E-state index contributed by atoms with van der Waals surface area (Å²) in [6.45, 7) is 7.85. The van der Waals surface area contributed by atoms with Crippen molar-refractivity contribution in [1.82, 2.24) is 5.32 Å². The van der Waals surface area contributed by atoms with Gasteiger partial charge in [0, 0.05) is 17.6 Å². The van der Waals surface area contributed by atoms with E-state index < -0.39 is 6.04 Å². The van der Waals surface area contributed by atoms with Gasteiger partial charge in [-0.15, -0.1) is 0 Å². The minimum absolute atomic E-state index is 0.0586. The van der Waals surface area contributed by atoms with Gasteiger partial charge in [-0.1, -0.05) is 62.7 Å². The van der Waals surface area contributed by atoms with E-state index in [1.54, 1.807) is 6.07 Å². The van der Waals surface area contributed by atoms with E-state index in [9.17, 15) is 9.59 Å². The van der Waals surface area contributed by atoms with Crippen LogP contribution in [0, 0.1) is 0 Å². The summed E-state index contributed by atoms with van der Waals surface area (Å²) in [5.74, 6) is -0.399. The lowest BCUT2D eigenvalue weighted by molar-refractivity contribution is -0.120. The Morgan fingerprint density at radius 1 is 1.04 bits per heavy atom. The maximum Gasteiger partial charge on any atom is 0.226 e. The molecular weight excluding hydrogens is 348 g/mol. The van der Waals surface area contributed by atoms with E-state index >= 15 is 0 Å². The molecule has 0 unspecified atom stereocenters. The summed E-state index contributed by atoms with van der Waals surface area (Å²) < 4.78 is 0. The van der Waals surface area contributed by atoms with E-state index in [2.05, 4.69) is 31.4 Å². The van der Waals surface area contributed by atoms with Crippen molar-refractivity contribution in [3.63, 3.8) is 0 Å². The van der Waals surface area contributed by atoms with Crippen molar-refractivity contribution in [2.75, 3.05) is 5.32 Å². The van der Waals surface area contributed by atoms with Crippen molar-refractivity contribution in [1.29, 1.82) is 0 Å². The van der Waals surface area contributed by atoms with E-state index in [1.807, 2.05) is 42.5 Å². The summed E-state index contributed by atoms with van der Waals surface area (Å²) in [4.78, 5) is 24.0. The Morgan fingerprint density at radius 2 is 1.65 bits per heavy atom. The Kier molecular flexibility index (Phi) is 6.43. The summed E-state index contributed by atoms with van der Waals surface area (Å²) in [6, 6.07) is 14.5. The van der Waals surface area contributed by atoms with Gasteiger partial charge in [-0.3, -0.25) is 9.59 Å². The average Bonchev–Trinajstić information content (AvgIpc) is 2.54. The molecule has 0 radical (unpaired) electrons. The zero-order valence-electron chi connectivity index (χ0n) is 15.6. The fraction of sp³-hybridized carbons (Fsp3) is 0.333. The van der Waals surface area contributed by atoms with Gasteiger partial charge < -0.3 is 10.6 Å². The Labute approximate surface area is 159 Å². The molecule has 0 heterocycles. The molecule has 0 spiro atoms. The molecule has 0 bridgehead atoms. The molecule has 0 aliphatic rings. The van der Waals surface area contributed by atoms with Crippen LogP contribution in [0.15, 0.2) is 48.5 Å². The van der Waals surface area contributed by atoms with Crippen LogP contribution >= 0.6 is 11.6 Å². The molecule has 0 aliphatic heterocycles. The lowest BCUT2D eigenvalue weighted by atomic mass is 9.87. The van der Waals surface area contributed by atoms with Gasteiger partial charge in [-0.2, -0.15) is 0 Å². The molecule has 2 rings (SSSR count). The molecule has 1 atom stereocenters. The van der Waals surface area contributed by atoms with Crippen LogP contribution in [0.3, 0.4) is 0 Å². The number of amides is 2. The number of halogens is 1. The Balaban J connectivity index is 2.10. The summed E-state index contributed by atoms with van der Waals surface area (Å²) in [6.07, 6.45) is 0.102. The minimum atomic E-state index is -0.477. The molecule has 2 aromatic carbocycles. The molecule has 0 aromatic heterocycles. The SMILES string of the molecule is CC(=O)N[C@H](CC(=O)Nc1ccc(C(C)(C)C)cc1)c1ccccc1Cl. The van der Waals surface area contributed by atoms with Crippen LogP contribution in [-0.2, 0) is 15.0 Å². The molecule has 138 valence electrons. The first-order valence-electron chi connectivity index (χ1n) is 8.59. The fourth-order valence-corrected chi connectivity index (χ4v) is 2.96. The van der Waals surface area contributed by atoms with Crippen molar-refractivity contribution in [2.24, 2.45) is 0 Å². The van der Waals surface area contributed by atoms with Gasteiger partial charge in [0.15, 0.2) is 0 Å². The highest BCUT2D eigenvalue weighted by atomic mass is 35.5. The minimum Gasteiger partial charge on any atom is -0.349 e. The molecular formula is C21H25ClN2O2. The van der Waals surface area contributed by atoms with Crippen LogP contribution < -0.4 is 10.6 Å². The lowest BCUT2D eigenvalue weighted by Crippen LogP contribution is -2.30. The summed E-state index contributed by atoms with van der Waals surface area (Å²) in [5.41, 5.74) is 2.71. The monoisotopic (exact) mass is 372 g/mol. The maximum absolute atomic E-state index is 12.5. The normalized spacial score (nSPS) is 12.3. The molecule has 2 N–H and O–H groups in total. The second-order valence-electron chi connectivity index (χ2n) is 7.35. The number of rotatable bonds is 5. The number of carbonyl (C=O) groups excluding carboxylic acids is 2. The van der Waals surface area contributed by atoms with Crippen LogP contribution in [-0.4, -0.2) is 11.8 Å². The molecule has 26 heavy (non-hydrogen) atoms. The second-order valence-corrected chi connectivity index (χ2v) is 7.76. The highest BCUT2D eigenvalue weighted by Crippen LogP contribution is 2.26. The topological polar surface area (TPSA) is 58.2 Å². The van der Waals surface area contributed by atoms with Crippen LogP contribution in [0.1, 0.15) is 51.3 Å². The average molecular weight is 373 g/mol. The van der Waals surface area contributed by atoms with Gasteiger partial charge in [0.25, 0.3) is 0 Å². The first kappa shape index (κ1) is 20.0. The van der Waals surface area contributed by atoms with E-state index in [-0.39, 0.29) is 23.7 Å². The van der Waals surface area contributed by atoms with Crippen molar-refractivity contribution >= 4 is 29.1 Å². The number of benzene rings is 2. The molecule has 0 saturated heterocycles. The Hall–Kier alpha value is -2.33. The molecule has 0 fully saturated rings. The largest absolute Gasteiger partial charge is 0.349 e. The first-order valence-corrected chi connectivity index (χ1v) is 8.96. The van der Waals surface area contributed by atoms with E-state index in [0.29, 0.717) is 5.02 Å². The lowest BCUT2D eigenvalue weighted by Gasteiger charge is -2.20. The molecule has 2 amide bonds. The number of hydrogen-bond donors (Lipinski definition) is 2. The van der Waals surface area contributed by atoms with Gasteiger partial charge in [-0.05, 0) is 34.7 Å². The van der Waals surface area contributed by atoms with Gasteiger partial charge >= 0.3 is 0 Å². The Bertz CT molecular complexity index is 779. The number of anilines is 1. The third kappa shape index (κ3) is 5.60. The highest BCUT2D eigenvalue weighted by Gasteiger charge is 2.20. The van der Waals surface area contributed by atoms with Crippen LogP contribution in [0.4, 0.5) is 5.69 Å². The van der Waals surface area contributed by atoms with Gasteiger partial charge in [0.1, 0.15) is 0 Å². The third-order valence-electron chi connectivity index (χ3n) is 4.08. The number of hydrogen-bond acceptors (Lipinski definition) is 2. The molecule has 2 aromatic rings. The van der Waals surface area contributed by atoms with E-state index in [0.717, 1.165) is 11.3 Å². The van der Waals surface area contributed by atoms with Crippen molar-refractivity contribution < 1.29 is 9.59 Å². The second kappa shape index (κ2) is 8.37. The van der Waals surface area contributed by atoms with E-state index in [1.165, 1.54) is 12.5 Å². The van der Waals surface area contributed by atoms with Gasteiger partial charge in [0.05, 0.1) is 12.5 Å². The first-order chi connectivity index (χ1) is 12.2. The van der Waals surface area contributed by atoms with E-state index in [4.69, 9.17) is 11.6 Å². The smallest absolute Gasteiger partial charge is 0.226 e. The standard InChI is InChI=1S/C21H25ClN2O2/c1-14(25)23-19(17-7-5-6-8-18(17)22)13-20(26)24-16-11-9-15(10-12-16)21(2,3)4/h5-12,19H,13H2,1-4H3,(H,23,25)(H,24,26)/t19-/m1/s1. The van der Waals surface area contributed by atoms with Crippen molar-refractivity contribution in [3.05, 3.63) is 64.7 Å². The quantitative estimate of drug-likeness (QED) is 0.788. The molecule has 0 aliphatic carbocycles.